The first-order valence-electron chi connectivity index (χ1n) is 11.3. The van der Waals surface area contributed by atoms with Gasteiger partial charge in [-0.1, -0.05) is 50.2 Å². The van der Waals surface area contributed by atoms with Crippen molar-refractivity contribution in [2.75, 3.05) is 23.7 Å². The highest BCUT2D eigenvalue weighted by Crippen LogP contribution is 2.20. The van der Waals surface area contributed by atoms with Crippen molar-refractivity contribution in [2.45, 2.75) is 53.1 Å². The number of anilines is 1. The van der Waals surface area contributed by atoms with E-state index in [1.165, 1.54) is 4.90 Å². The summed E-state index contributed by atoms with van der Waals surface area (Å²) in [5.74, 6) is -0.709. The lowest BCUT2D eigenvalue weighted by atomic mass is 10.1. The highest BCUT2D eigenvalue weighted by atomic mass is 32.2. The number of sulfonamides is 1. The summed E-state index contributed by atoms with van der Waals surface area (Å²) in [6.07, 6.45) is 2.68. The topological polar surface area (TPSA) is 86.8 Å². The van der Waals surface area contributed by atoms with E-state index in [0.717, 1.165) is 40.1 Å². The molecule has 0 heterocycles. The molecule has 0 aliphatic heterocycles. The second-order valence-electron chi connectivity index (χ2n) is 8.20. The lowest BCUT2D eigenvalue weighted by Gasteiger charge is -2.32. The van der Waals surface area contributed by atoms with Crippen molar-refractivity contribution >= 4 is 27.5 Å². The van der Waals surface area contributed by atoms with Crippen molar-refractivity contribution in [1.29, 1.82) is 0 Å². The molecule has 2 rings (SSSR count). The van der Waals surface area contributed by atoms with Gasteiger partial charge in [0.25, 0.3) is 0 Å². The molecule has 0 aliphatic rings. The predicted molar refractivity (Wildman–Crippen MR) is 133 cm³/mol. The molecule has 1 atom stereocenters. The van der Waals surface area contributed by atoms with Crippen LogP contribution in [0.1, 0.15) is 43.9 Å². The summed E-state index contributed by atoms with van der Waals surface area (Å²) in [7, 11) is -3.72. The summed E-state index contributed by atoms with van der Waals surface area (Å²) < 4.78 is 26.2. The Bertz CT molecular complexity index is 1050. The van der Waals surface area contributed by atoms with Gasteiger partial charge in [0, 0.05) is 13.1 Å². The number of hydrogen-bond acceptors (Lipinski definition) is 4. The number of nitrogens with zero attached hydrogens (tertiary/aromatic N) is 2. The lowest BCUT2D eigenvalue weighted by Crippen LogP contribution is -2.51. The number of nitrogens with one attached hydrogen (secondary N) is 1. The summed E-state index contributed by atoms with van der Waals surface area (Å²) in [6, 6.07) is 14.0. The molecule has 2 aromatic rings. The minimum absolute atomic E-state index is 0.207. The maximum absolute atomic E-state index is 13.5. The normalized spacial score (nSPS) is 12.2. The van der Waals surface area contributed by atoms with E-state index in [1.54, 1.807) is 19.1 Å². The van der Waals surface area contributed by atoms with E-state index in [2.05, 4.69) is 5.32 Å². The zero-order valence-electron chi connectivity index (χ0n) is 20.2. The number of hydrogen-bond donors (Lipinski definition) is 1. The van der Waals surface area contributed by atoms with Crippen LogP contribution in [0.25, 0.3) is 0 Å². The monoisotopic (exact) mass is 473 g/mol. The SMILES string of the molecule is CCCNC(=O)[C@H](C)N(Cc1ccccc1C)C(=O)CN(c1ccc(CC)cc1)S(C)(=O)=O. The van der Waals surface area contributed by atoms with Gasteiger partial charge < -0.3 is 10.2 Å². The van der Waals surface area contributed by atoms with Gasteiger partial charge in [-0.25, -0.2) is 8.42 Å². The summed E-state index contributed by atoms with van der Waals surface area (Å²) in [5.41, 5.74) is 3.38. The molecule has 180 valence electrons. The van der Waals surface area contributed by atoms with Crippen molar-refractivity contribution in [3.05, 3.63) is 65.2 Å². The maximum atomic E-state index is 13.5. The number of benzene rings is 2. The third kappa shape index (κ3) is 7.32. The van der Waals surface area contributed by atoms with E-state index in [-0.39, 0.29) is 19.0 Å². The molecular formula is C25H35N3O4S. The summed E-state index contributed by atoms with van der Waals surface area (Å²) >= 11 is 0. The number of rotatable bonds is 11. The van der Waals surface area contributed by atoms with E-state index >= 15 is 0 Å². The van der Waals surface area contributed by atoms with Crippen molar-refractivity contribution < 1.29 is 18.0 Å². The quantitative estimate of drug-likeness (QED) is 0.543. The number of carbonyl (C=O) groups excluding carboxylic acids is 2. The Labute approximate surface area is 197 Å². The molecule has 0 saturated carbocycles. The van der Waals surface area contributed by atoms with Gasteiger partial charge in [0.05, 0.1) is 11.9 Å². The zero-order chi connectivity index (χ0) is 24.6. The van der Waals surface area contributed by atoms with Crippen LogP contribution in [0.2, 0.25) is 0 Å². The van der Waals surface area contributed by atoms with E-state index in [1.807, 2.05) is 57.2 Å². The van der Waals surface area contributed by atoms with Crippen LogP contribution < -0.4 is 9.62 Å². The molecule has 1 N–H and O–H groups in total. The van der Waals surface area contributed by atoms with Gasteiger partial charge in [-0.3, -0.25) is 13.9 Å². The average molecular weight is 474 g/mol. The first-order valence-corrected chi connectivity index (χ1v) is 13.1. The molecule has 7 nitrogen and oxygen atoms in total. The Hall–Kier alpha value is -2.87. The fourth-order valence-electron chi connectivity index (χ4n) is 3.46. The second kappa shape index (κ2) is 11.8. The number of carbonyl (C=O) groups is 2. The van der Waals surface area contributed by atoms with Gasteiger partial charge in [0.1, 0.15) is 12.6 Å². The van der Waals surface area contributed by atoms with E-state index in [9.17, 15) is 18.0 Å². The van der Waals surface area contributed by atoms with Gasteiger partial charge in [0.15, 0.2) is 0 Å². The predicted octanol–water partition coefficient (Wildman–Crippen LogP) is 3.27. The smallest absolute Gasteiger partial charge is 0.244 e. The van der Waals surface area contributed by atoms with Gasteiger partial charge in [-0.15, -0.1) is 0 Å². The molecule has 2 aromatic carbocycles. The Balaban J connectivity index is 2.37. The zero-order valence-corrected chi connectivity index (χ0v) is 21.0. The Morgan fingerprint density at radius 2 is 1.67 bits per heavy atom. The average Bonchev–Trinajstić information content (AvgIpc) is 2.79. The maximum Gasteiger partial charge on any atom is 0.244 e. The molecular weight excluding hydrogens is 438 g/mol. The number of amides is 2. The minimum atomic E-state index is -3.72. The van der Waals surface area contributed by atoms with Gasteiger partial charge in [0.2, 0.25) is 21.8 Å². The van der Waals surface area contributed by atoms with Crippen molar-refractivity contribution in [2.24, 2.45) is 0 Å². The van der Waals surface area contributed by atoms with Crippen LogP contribution in [-0.2, 0) is 32.6 Å². The number of aryl methyl sites for hydroxylation is 2. The van der Waals surface area contributed by atoms with E-state index in [4.69, 9.17) is 0 Å². The fraction of sp³-hybridized carbons (Fsp3) is 0.440. The second-order valence-corrected chi connectivity index (χ2v) is 10.1. The van der Waals surface area contributed by atoms with Crippen molar-refractivity contribution in [1.82, 2.24) is 10.2 Å². The summed E-state index contributed by atoms with van der Waals surface area (Å²) in [5, 5.41) is 2.83. The standard InChI is InChI=1S/C25H35N3O4S/c1-6-16-26-25(30)20(4)27(17-22-11-9-8-10-19(22)3)24(29)18-28(33(5,31)32)23-14-12-21(7-2)13-15-23/h8-15,20H,6-7,16-18H2,1-5H3,(H,26,30)/t20-/m0/s1. The highest BCUT2D eigenvalue weighted by Gasteiger charge is 2.30. The third-order valence-corrected chi connectivity index (χ3v) is 6.77. The highest BCUT2D eigenvalue weighted by molar-refractivity contribution is 7.92. The first-order chi connectivity index (χ1) is 15.6. The molecule has 0 spiro atoms. The molecule has 0 unspecified atom stereocenters. The first kappa shape index (κ1) is 26.4. The molecule has 0 bridgehead atoms. The van der Waals surface area contributed by atoms with Crippen molar-refractivity contribution in [3.63, 3.8) is 0 Å². The van der Waals surface area contributed by atoms with Crippen molar-refractivity contribution in [3.8, 4) is 0 Å². The van der Waals surface area contributed by atoms with Gasteiger partial charge in [-0.2, -0.15) is 0 Å². The van der Waals surface area contributed by atoms with E-state index in [0.29, 0.717) is 12.2 Å². The molecule has 33 heavy (non-hydrogen) atoms. The molecule has 0 radical (unpaired) electrons. The van der Waals surface area contributed by atoms with Crippen LogP contribution in [0.3, 0.4) is 0 Å². The van der Waals surface area contributed by atoms with Crippen LogP contribution in [0.5, 0.6) is 0 Å². The fourth-order valence-corrected chi connectivity index (χ4v) is 4.31. The van der Waals surface area contributed by atoms with Gasteiger partial charge >= 0.3 is 0 Å². The molecule has 0 aliphatic carbocycles. The minimum Gasteiger partial charge on any atom is -0.354 e. The van der Waals surface area contributed by atoms with Gasteiger partial charge in [-0.05, 0) is 55.5 Å². The molecule has 8 heteroatoms. The summed E-state index contributed by atoms with van der Waals surface area (Å²) in [6.45, 7) is 7.91. The Kier molecular flexibility index (Phi) is 9.46. The Morgan fingerprint density at radius 3 is 2.21 bits per heavy atom. The third-order valence-electron chi connectivity index (χ3n) is 5.63. The molecule has 0 aromatic heterocycles. The molecule has 0 fully saturated rings. The molecule has 2 amide bonds. The van der Waals surface area contributed by atoms with E-state index < -0.39 is 22.0 Å². The van der Waals surface area contributed by atoms with Crippen LogP contribution in [0.4, 0.5) is 5.69 Å². The largest absolute Gasteiger partial charge is 0.354 e. The lowest BCUT2D eigenvalue weighted by molar-refractivity contribution is -0.139. The van der Waals surface area contributed by atoms with Crippen LogP contribution in [0, 0.1) is 6.92 Å². The molecule has 0 saturated heterocycles. The van der Waals surface area contributed by atoms with Crippen LogP contribution in [-0.4, -0.2) is 50.5 Å². The summed E-state index contributed by atoms with van der Waals surface area (Å²) in [4.78, 5) is 27.6. The van der Waals surface area contributed by atoms with Crippen LogP contribution in [0.15, 0.2) is 48.5 Å². The van der Waals surface area contributed by atoms with Crippen LogP contribution >= 0.6 is 0 Å². The Morgan fingerprint density at radius 1 is 1.03 bits per heavy atom.